The molecule has 1 aromatic heterocycles. The first-order chi connectivity index (χ1) is 12.4. The van der Waals surface area contributed by atoms with E-state index < -0.39 is 11.9 Å². The van der Waals surface area contributed by atoms with Gasteiger partial charge in [-0.05, 0) is 30.3 Å². The predicted molar refractivity (Wildman–Crippen MR) is 88.1 cm³/mol. The van der Waals surface area contributed by atoms with Crippen LogP contribution in [0.2, 0.25) is 0 Å². The summed E-state index contributed by atoms with van der Waals surface area (Å²) < 4.78 is 43.4. The van der Waals surface area contributed by atoms with Gasteiger partial charge in [-0.2, -0.15) is 13.2 Å². The molecule has 138 valence electrons. The summed E-state index contributed by atoms with van der Waals surface area (Å²) in [6.07, 6.45) is -3.41. The summed E-state index contributed by atoms with van der Waals surface area (Å²) in [4.78, 5) is 23.3. The van der Waals surface area contributed by atoms with Crippen molar-refractivity contribution in [1.29, 1.82) is 0 Å². The molecule has 2 heterocycles. The fraction of sp³-hybridized carbons (Fsp3) is 0.353. The molecule has 0 bridgehead atoms. The fourth-order valence-electron chi connectivity index (χ4n) is 2.68. The van der Waals surface area contributed by atoms with E-state index >= 15 is 0 Å². The van der Waals surface area contributed by atoms with Crippen molar-refractivity contribution in [2.24, 2.45) is 0 Å². The zero-order valence-corrected chi connectivity index (χ0v) is 14.0. The molecule has 0 saturated carbocycles. The zero-order chi connectivity index (χ0) is 18.7. The highest BCUT2D eigenvalue weighted by atomic mass is 19.4. The van der Waals surface area contributed by atoms with Gasteiger partial charge in [0.05, 0.1) is 7.11 Å². The van der Waals surface area contributed by atoms with E-state index in [1.54, 1.807) is 41.2 Å². The molecule has 0 atom stereocenters. The number of piperazine rings is 1. The minimum absolute atomic E-state index is 0.0244. The van der Waals surface area contributed by atoms with E-state index in [1.165, 1.54) is 0 Å². The first kappa shape index (κ1) is 18.0. The second-order valence-electron chi connectivity index (χ2n) is 5.75. The van der Waals surface area contributed by atoms with Crippen LogP contribution in [0.25, 0.3) is 0 Å². The van der Waals surface area contributed by atoms with Gasteiger partial charge in [-0.1, -0.05) is 0 Å². The number of anilines is 1. The Bertz CT molecular complexity index is 772. The number of carbonyl (C=O) groups is 1. The van der Waals surface area contributed by atoms with Crippen molar-refractivity contribution in [2.75, 3.05) is 38.2 Å². The van der Waals surface area contributed by atoms with Gasteiger partial charge in [0, 0.05) is 37.9 Å². The molecule has 0 N–H and O–H groups in total. The Morgan fingerprint density at radius 3 is 2.31 bits per heavy atom. The standard InChI is InChI=1S/C17H17F3N4O2/c1-26-13-4-2-12(3-5-13)15(25)23-8-10-24(11-9-23)16-21-7-6-14(22-16)17(18,19)20/h2-7H,8-11H2,1H3. The van der Waals surface area contributed by atoms with E-state index in [1.807, 2.05) is 0 Å². The number of rotatable bonds is 3. The van der Waals surface area contributed by atoms with Gasteiger partial charge in [-0.3, -0.25) is 4.79 Å². The van der Waals surface area contributed by atoms with E-state index in [9.17, 15) is 18.0 Å². The SMILES string of the molecule is COc1ccc(C(=O)N2CCN(c3nccc(C(F)(F)F)n3)CC2)cc1. The number of hydrogen-bond donors (Lipinski definition) is 0. The average molecular weight is 366 g/mol. The normalized spacial score (nSPS) is 15.1. The van der Waals surface area contributed by atoms with Crippen molar-refractivity contribution in [3.8, 4) is 5.75 Å². The van der Waals surface area contributed by atoms with Crippen LogP contribution < -0.4 is 9.64 Å². The molecule has 1 aliphatic heterocycles. The minimum atomic E-state index is -4.51. The summed E-state index contributed by atoms with van der Waals surface area (Å²) in [7, 11) is 1.55. The maximum atomic E-state index is 12.8. The van der Waals surface area contributed by atoms with Gasteiger partial charge in [-0.15, -0.1) is 0 Å². The van der Waals surface area contributed by atoms with Crippen LogP contribution in [0.3, 0.4) is 0 Å². The largest absolute Gasteiger partial charge is 0.497 e. The van der Waals surface area contributed by atoms with Crippen molar-refractivity contribution in [1.82, 2.24) is 14.9 Å². The van der Waals surface area contributed by atoms with Crippen LogP contribution in [-0.4, -0.2) is 54.1 Å². The maximum Gasteiger partial charge on any atom is 0.433 e. The molecular formula is C17H17F3N4O2. The van der Waals surface area contributed by atoms with Gasteiger partial charge >= 0.3 is 6.18 Å². The molecule has 9 heteroatoms. The quantitative estimate of drug-likeness (QED) is 0.835. The Morgan fingerprint density at radius 1 is 1.08 bits per heavy atom. The van der Waals surface area contributed by atoms with E-state index in [2.05, 4.69) is 9.97 Å². The number of methoxy groups -OCH3 is 1. The second kappa shape index (κ2) is 7.19. The highest BCUT2D eigenvalue weighted by molar-refractivity contribution is 5.94. The maximum absolute atomic E-state index is 12.8. The summed E-state index contributed by atoms with van der Waals surface area (Å²) in [5.41, 5.74) is -0.436. The van der Waals surface area contributed by atoms with Gasteiger partial charge in [0.1, 0.15) is 11.4 Å². The average Bonchev–Trinajstić information content (AvgIpc) is 2.67. The number of aromatic nitrogens is 2. The van der Waals surface area contributed by atoms with Crippen LogP contribution in [0.15, 0.2) is 36.5 Å². The van der Waals surface area contributed by atoms with Crippen LogP contribution in [0, 0.1) is 0 Å². The van der Waals surface area contributed by atoms with Gasteiger partial charge in [0.2, 0.25) is 5.95 Å². The van der Waals surface area contributed by atoms with Crippen molar-refractivity contribution >= 4 is 11.9 Å². The minimum Gasteiger partial charge on any atom is -0.497 e. The van der Waals surface area contributed by atoms with Gasteiger partial charge in [-0.25, -0.2) is 9.97 Å². The van der Waals surface area contributed by atoms with E-state index in [0.29, 0.717) is 37.5 Å². The van der Waals surface area contributed by atoms with E-state index in [0.717, 1.165) is 12.3 Å². The van der Waals surface area contributed by atoms with E-state index in [4.69, 9.17) is 4.74 Å². The molecule has 1 aromatic carbocycles. The lowest BCUT2D eigenvalue weighted by Gasteiger charge is -2.34. The van der Waals surface area contributed by atoms with Crippen LogP contribution >= 0.6 is 0 Å². The van der Waals surface area contributed by atoms with Crippen LogP contribution in [-0.2, 0) is 6.18 Å². The Morgan fingerprint density at radius 2 is 1.73 bits per heavy atom. The molecule has 1 fully saturated rings. The smallest absolute Gasteiger partial charge is 0.433 e. The molecule has 1 saturated heterocycles. The molecular weight excluding hydrogens is 349 g/mol. The second-order valence-corrected chi connectivity index (χ2v) is 5.75. The summed E-state index contributed by atoms with van der Waals surface area (Å²) in [5, 5.41) is 0. The van der Waals surface area contributed by atoms with Crippen molar-refractivity contribution in [3.05, 3.63) is 47.8 Å². The molecule has 0 spiro atoms. The van der Waals surface area contributed by atoms with Crippen molar-refractivity contribution in [3.63, 3.8) is 0 Å². The molecule has 2 aromatic rings. The summed E-state index contributed by atoms with van der Waals surface area (Å²) in [6, 6.07) is 7.62. The number of alkyl halides is 3. The van der Waals surface area contributed by atoms with Crippen LogP contribution in [0.5, 0.6) is 5.75 Å². The third-order valence-corrected chi connectivity index (χ3v) is 4.12. The van der Waals surface area contributed by atoms with E-state index in [-0.39, 0.29) is 11.9 Å². The van der Waals surface area contributed by atoms with Crippen LogP contribution in [0.1, 0.15) is 16.1 Å². The number of amides is 1. The zero-order valence-electron chi connectivity index (χ0n) is 14.0. The summed E-state index contributed by atoms with van der Waals surface area (Å²) in [5.74, 6) is 0.557. The first-order valence-corrected chi connectivity index (χ1v) is 7.97. The Balaban J connectivity index is 1.64. The topological polar surface area (TPSA) is 58.6 Å². The van der Waals surface area contributed by atoms with Crippen molar-refractivity contribution in [2.45, 2.75) is 6.18 Å². The van der Waals surface area contributed by atoms with Crippen LogP contribution in [0.4, 0.5) is 19.1 Å². The highest BCUT2D eigenvalue weighted by Crippen LogP contribution is 2.28. The molecule has 26 heavy (non-hydrogen) atoms. The summed E-state index contributed by atoms with van der Waals surface area (Å²) in [6.45, 7) is 1.49. The lowest BCUT2D eigenvalue weighted by Crippen LogP contribution is -2.49. The molecule has 1 amide bonds. The van der Waals surface area contributed by atoms with Gasteiger partial charge < -0.3 is 14.5 Å². The third-order valence-electron chi connectivity index (χ3n) is 4.12. The summed E-state index contributed by atoms with van der Waals surface area (Å²) >= 11 is 0. The fourth-order valence-corrected chi connectivity index (χ4v) is 2.68. The molecule has 6 nitrogen and oxygen atoms in total. The molecule has 0 radical (unpaired) electrons. The van der Waals surface area contributed by atoms with Gasteiger partial charge in [0.15, 0.2) is 0 Å². The third kappa shape index (κ3) is 3.87. The number of ether oxygens (including phenoxy) is 1. The number of nitrogens with zero attached hydrogens (tertiary/aromatic N) is 4. The molecule has 0 unspecified atom stereocenters. The Labute approximate surface area is 148 Å². The first-order valence-electron chi connectivity index (χ1n) is 7.97. The monoisotopic (exact) mass is 366 g/mol. The van der Waals surface area contributed by atoms with Crippen molar-refractivity contribution < 1.29 is 22.7 Å². The number of benzene rings is 1. The number of halogens is 3. The molecule has 1 aliphatic rings. The molecule has 0 aliphatic carbocycles. The predicted octanol–water partition coefficient (Wildman–Crippen LogP) is 2.47. The Hall–Kier alpha value is -2.84. The lowest BCUT2D eigenvalue weighted by atomic mass is 10.1. The van der Waals surface area contributed by atoms with Gasteiger partial charge in [0.25, 0.3) is 5.91 Å². The number of carbonyl (C=O) groups excluding carboxylic acids is 1. The lowest BCUT2D eigenvalue weighted by molar-refractivity contribution is -0.141. The molecule has 3 rings (SSSR count). The number of hydrogen-bond acceptors (Lipinski definition) is 5. The highest BCUT2D eigenvalue weighted by Gasteiger charge is 2.33. The Kier molecular flexibility index (Phi) is 4.97.